The lowest BCUT2D eigenvalue weighted by atomic mass is 10.3. The predicted molar refractivity (Wildman–Crippen MR) is 75.7 cm³/mol. The van der Waals surface area contributed by atoms with Gasteiger partial charge in [-0.25, -0.2) is 9.67 Å². The van der Waals surface area contributed by atoms with E-state index in [-0.39, 0.29) is 11.9 Å². The lowest BCUT2D eigenvalue weighted by Gasteiger charge is -2.06. The molecule has 19 heavy (non-hydrogen) atoms. The van der Waals surface area contributed by atoms with E-state index in [1.54, 1.807) is 0 Å². The Labute approximate surface area is 116 Å². The van der Waals surface area contributed by atoms with Crippen molar-refractivity contribution in [2.24, 2.45) is 0 Å². The Hall–Kier alpha value is -1.69. The van der Waals surface area contributed by atoms with Gasteiger partial charge in [0.15, 0.2) is 0 Å². The summed E-state index contributed by atoms with van der Waals surface area (Å²) in [6.07, 6.45) is 0.313. The van der Waals surface area contributed by atoms with Crippen molar-refractivity contribution in [2.75, 3.05) is 0 Å². The van der Waals surface area contributed by atoms with Crippen LogP contribution in [0, 0.1) is 13.8 Å². The molecule has 2 aromatic heterocycles. The van der Waals surface area contributed by atoms with E-state index in [9.17, 15) is 4.79 Å². The number of carbonyl (C=O) groups excluding carboxylic acids is 1. The largest absolute Gasteiger partial charge is 0.354 e. The summed E-state index contributed by atoms with van der Waals surface area (Å²) in [5.41, 5.74) is 2.79. The standard InChI is InChI=1S/C13H18N4OS/c1-8(2)14-12(18)6-11-7-19-13(15-11)17-10(4)5-9(3)16-17/h5,7-8H,6H2,1-4H3,(H,14,18). The molecule has 0 atom stereocenters. The van der Waals surface area contributed by atoms with E-state index >= 15 is 0 Å². The molecule has 0 radical (unpaired) electrons. The van der Waals surface area contributed by atoms with Gasteiger partial charge in [-0.05, 0) is 33.8 Å². The normalized spacial score (nSPS) is 11.0. The summed E-state index contributed by atoms with van der Waals surface area (Å²) in [5, 5.41) is 9.96. The molecule has 0 aromatic carbocycles. The maximum Gasteiger partial charge on any atom is 0.226 e. The lowest BCUT2D eigenvalue weighted by Crippen LogP contribution is -2.31. The van der Waals surface area contributed by atoms with Gasteiger partial charge in [0.05, 0.1) is 17.8 Å². The molecule has 0 fully saturated rings. The molecule has 5 nitrogen and oxygen atoms in total. The zero-order valence-corrected chi connectivity index (χ0v) is 12.4. The van der Waals surface area contributed by atoms with Crippen LogP contribution in [0.3, 0.4) is 0 Å². The van der Waals surface area contributed by atoms with Gasteiger partial charge in [-0.1, -0.05) is 0 Å². The number of hydrogen-bond acceptors (Lipinski definition) is 4. The molecule has 0 aliphatic carbocycles. The van der Waals surface area contributed by atoms with Crippen molar-refractivity contribution in [3.63, 3.8) is 0 Å². The Balaban J connectivity index is 2.11. The number of carbonyl (C=O) groups is 1. The summed E-state index contributed by atoms with van der Waals surface area (Å²) >= 11 is 1.50. The molecule has 0 bridgehead atoms. The first kappa shape index (κ1) is 13.7. The Morgan fingerprint density at radius 3 is 2.79 bits per heavy atom. The summed E-state index contributed by atoms with van der Waals surface area (Å²) in [4.78, 5) is 16.1. The second-order valence-corrected chi connectivity index (χ2v) is 5.70. The molecule has 6 heteroatoms. The quantitative estimate of drug-likeness (QED) is 0.930. The van der Waals surface area contributed by atoms with Crippen LogP contribution in [0.4, 0.5) is 0 Å². The zero-order chi connectivity index (χ0) is 14.0. The number of nitrogens with one attached hydrogen (secondary N) is 1. The number of amides is 1. The highest BCUT2D eigenvalue weighted by atomic mass is 32.1. The van der Waals surface area contributed by atoms with Gasteiger partial charge in [-0.15, -0.1) is 11.3 Å². The summed E-state index contributed by atoms with van der Waals surface area (Å²) in [7, 11) is 0. The van der Waals surface area contributed by atoms with E-state index in [1.165, 1.54) is 11.3 Å². The first-order valence-corrected chi connectivity index (χ1v) is 7.11. The Morgan fingerprint density at radius 1 is 1.47 bits per heavy atom. The van der Waals surface area contributed by atoms with E-state index in [0.29, 0.717) is 6.42 Å². The van der Waals surface area contributed by atoms with Crippen LogP contribution in [0.15, 0.2) is 11.4 Å². The maximum atomic E-state index is 11.7. The van der Waals surface area contributed by atoms with Gasteiger partial charge in [0.2, 0.25) is 11.0 Å². The number of aryl methyl sites for hydroxylation is 2. The average molecular weight is 278 g/mol. The van der Waals surface area contributed by atoms with Crippen molar-refractivity contribution >= 4 is 17.2 Å². The van der Waals surface area contributed by atoms with Crippen molar-refractivity contribution in [1.82, 2.24) is 20.1 Å². The fourth-order valence-electron chi connectivity index (χ4n) is 1.83. The Kier molecular flexibility index (Phi) is 3.99. The molecule has 0 unspecified atom stereocenters. The number of aromatic nitrogens is 3. The summed E-state index contributed by atoms with van der Waals surface area (Å²) in [5.74, 6) is 0.000202. The monoisotopic (exact) mass is 278 g/mol. The molecular formula is C13H18N4OS. The molecule has 2 aromatic rings. The second-order valence-electron chi connectivity index (χ2n) is 4.86. The van der Waals surface area contributed by atoms with Gasteiger partial charge in [-0.2, -0.15) is 5.10 Å². The van der Waals surface area contributed by atoms with Crippen LogP contribution in [0.2, 0.25) is 0 Å². The lowest BCUT2D eigenvalue weighted by molar-refractivity contribution is -0.120. The molecule has 0 spiro atoms. The minimum Gasteiger partial charge on any atom is -0.354 e. The third-order valence-corrected chi connectivity index (χ3v) is 3.39. The third-order valence-electron chi connectivity index (χ3n) is 2.52. The van der Waals surface area contributed by atoms with E-state index in [4.69, 9.17) is 0 Å². The van der Waals surface area contributed by atoms with Crippen LogP contribution >= 0.6 is 11.3 Å². The first-order valence-electron chi connectivity index (χ1n) is 6.23. The van der Waals surface area contributed by atoms with Crippen LogP contribution in [-0.2, 0) is 11.2 Å². The number of rotatable bonds is 4. The summed E-state index contributed by atoms with van der Waals surface area (Å²) in [6.45, 7) is 7.83. The van der Waals surface area contributed by atoms with E-state index in [1.807, 2.05) is 43.8 Å². The molecular weight excluding hydrogens is 260 g/mol. The highest BCUT2D eigenvalue weighted by Crippen LogP contribution is 2.17. The SMILES string of the molecule is Cc1cc(C)n(-c2nc(CC(=O)NC(C)C)cs2)n1. The third kappa shape index (κ3) is 3.41. The molecule has 0 aliphatic heterocycles. The molecule has 2 heterocycles. The van der Waals surface area contributed by atoms with Crippen molar-refractivity contribution in [2.45, 2.75) is 40.2 Å². The van der Waals surface area contributed by atoms with Gasteiger partial charge in [0.1, 0.15) is 0 Å². The van der Waals surface area contributed by atoms with Gasteiger partial charge >= 0.3 is 0 Å². The smallest absolute Gasteiger partial charge is 0.226 e. The highest BCUT2D eigenvalue weighted by molar-refractivity contribution is 7.12. The van der Waals surface area contributed by atoms with Gasteiger partial charge in [-0.3, -0.25) is 4.79 Å². The molecule has 0 aliphatic rings. The van der Waals surface area contributed by atoms with Gasteiger partial charge < -0.3 is 5.32 Å². The number of nitrogens with zero attached hydrogens (tertiary/aromatic N) is 3. The predicted octanol–water partition coefficient (Wildman–Crippen LogP) is 2.01. The first-order chi connectivity index (χ1) is 8.95. The second kappa shape index (κ2) is 5.52. The van der Waals surface area contributed by atoms with Crippen molar-refractivity contribution in [3.8, 4) is 5.13 Å². The topological polar surface area (TPSA) is 59.8 Å². The van der Waals surface area contributed by atoms with Crippen molar-refractivity contribution < 1.29 is 4.79 Å². The average Bonchev–Trinajstić information content (AvgIpc) is 2.84. The van der Waals surface area contributed by atoms with Crippen LogP contribution in [0.5, 0.6) is 0 Å². The number of thiazole rings is 1. The summed E-state index contributed by atoms with van der Waals surface area (Å²) in [6, 6.07) is 2.16. The van der Waals surface area contributed by atoms with Gasteiger partial charge in [0, 0.05) is 17.1 Å². The van der Waals surface area contributed by atoms with Crippen LogP contribution in [-0.4, -0.2) is 26.7 Å². The summed E-state index contributed by atoms with van der Waals surface area (Å²) < 4.78 is 1.81. The van der Waals surface area contributed by atoms with Crippen LogP contribution in [0.25, 0.3) is 5.13 Å². The molecule has 0 saturated carbocycles. The highest BCUT2D eigenvalue weighted by Gasteiger charge is 2.11. The zero-order valence-electron chi connectivity index (χ0n) is 11.6. The van der Waals surface area contributed by atoms with E-state index in [2.05, 4.69) is 15.4 Å². The molecule has 102 valence electrons. The minimum atomic E-state index is 0.000202. The minimum absolute atomic E-state index is 0.000202. The Morgan fingerprint density at radius 2 is 2.21 bits per heavy atom. The molecule has 2 rings (SSSR count). The fraction of sp³-hybridized carbons (Fsp3) is 0.462. The van der Waals surface area contributed by atoms with Gasteiger partial charge in [0.25, 0.3) is 0 Å². The molecule has 0 saturated heterocycles. The van der Waals surface area contributed by atoms with E-state index in [0.717, 1.165) is 22.2 Å². The van der Waals surface area contributed by atoms with Crippen molar-refractivity contribution in [3.05, 3.63) is 28.5 Å². The van der Waals surface area contributed by atoms with Crippen LogP contribution in [0.1, 0.15) is 30.9 Å². The maximum absolute atomic E-state index is 11.7. The van der Waals surface area contributed by atoms with E-state index < -0.39 is 0 Å². The van der Waals surface area contributed by atoms with Crippen LogP contribution < -0.4 is 5.32 Å². The Bertz CT molecular complexity index is 585. The van der Waals surface area contributed by atoms with Crippen molar-refractivity contribution in [1.29, 1.82) is 0 Å². The number of hydrogen-bond donors (Lipinski definition) is 1. The molecule has 1 N–H and O–H groups in total. The fourth-order valence-corrected chi connectivity index (χ4v) is 2.67. The molecule has 1 amide bonds.